The van der Waals surface area contributed by atoms with Crippen LogP contribution in [0.3, 0.4) is 0 Å². The number of halogens is 1. The van der Waals surface area contributed by atoms with Crippen LogP contribution in [0.1, 0.15) is 39.2 Å². The Labute approximate surface area is 192 Å². The molecule has 7 heteroatoms. The summed E-state index contributed by atoms with van der Waals surface area (Å²) in [5.74, 6) is 3.08. The van der Waals surface area contributed by atoms with E-state index < -0.39 is 0 Å². The topological polar surface area (TPSA) is 64.1 Å². The first-order chi connectivity index (χ1) is 13.5. The van der Waals surface area contributed by atoms with Crippen molar-refractivity contribution in [1.29, 1.82) is 0 Å². The van der Waals surface area contributed by atoms with E-state index in [0.717, 1.165) is 49.9 Å². The standard InChI is InChI=1S/C22H35N3O3.HI/c1-6-27-18-14-15(9-10-17(18)26-5)8-7-12-24-21(23-4)25-19-16-11-13-28-20(16)22(19,2)3;/h9-10,14,16,19-20H,6-8,11-13H2,1-5H3,(H2,23,24,25);1H. The molecule has 1 heterocycles. The average molecular weight is 517 g/mol. The maximum atomic E-state index is 5.88. The van der Waals surface area contributed by atoms with Gasteiger partial charge in [0, 0.05) is 37.6 Å². The molecular formula is C22H36IN3O3. The molecule has 29 heavy (non-hydrogen) atoms. The van der Waals surface area contributed by atoms with Gasteiger partial charge in [-0.05, 0) is 43.9 Å². The molecule has 3 atom stereocenters. The van der Waals surface area contributed by atoms with Crippen LogP contribution in [0.4, 0.5) is 0 Å². The molecule has 2 aliphatic rings. The normalized spacial score (nSPS) is 24.7. The van der Waals surface area contributed by atoms with Gasteiger partial charge in [0.25, 0.3) is 0 Å². The van der Waals surface area contributed by atoms with Crippen LogP contribution >= 0.6 is 24.0 Å². The maximum Gasteiger partial charge on any atom is 0.191 e. The summed E-state index contributed by atoms with van der Waals surface area (Å²) in [5.41, 5.74) is 1.40. The lowest BCUT2D eigenvalue weighted by atomic mass is 9.57. The minimum absolute atomic E-state index is 0. The number of ether oxygens (including phenoxy) is 3. The van der Waals surface area contributed by atoms with Gasteiger partial charge < -0.3 is 24.8 Å². The summed E-state index contributed by atoms with van der Waals surface area (Å²) < 4.78 is 16.9. The van der Waals surface area contributed by atoms with Crippen molar-refractivity contribution in [3.05, 3.63) is 23.8 Å². The Kier molecular flexibility index (Phi) is 8.88. The predicted molar refractivity (Wildman–Crippen MR) is 128 cm³/mol. The Morgan fingerprint density at radius 2 is 2.10 bits per heavy atom. The van der Waals surface area contributed by atoms with Gasteiger partial charge in [-0.1, -0.05) is 19.9 Å². The second kappa shape index (κ2) is 10.7. The number of hydrogen-bond donors (Lipinski definition) is 2. The largest absolute Gasteiger partial charge is 0.493 e. The highest BCUT2D eigenvalue weighted by Gasteiger charge is 2.59. The van der Waals surface area contributed by atoms with E-state index >= 15 is 0 Å². The van der Waals surface area contributed by atoms with Crippen LogP contribution in [0, 0.1) is 11.3 Å². The average Bonchev–Trinajstić information content (AvgIpc) is 3.15. The molecular weight excluding hydrogens is 481 g/mol. The third-order valence-corrected chi connectivity index (χ3v) is 6.08. The smallest absolute Gasteiger partial charge is 0.191 e. The van der Waals surface area contributed by atoms with Gasteiger partial charge in [-0.2, -0.15) is 0 Å². The van der Waals surface area contributed by atoms with Crippen LogP contribution in [0.25, 0.3) is 0 Å². The van der Waals surface area contributed by atoms with Crippen molar-refractivity contribution in [1.82, 2.24) is 10.6 Å². The number of nitrogens with one attached hydrogen (secondary N) is 2. The highest BCUT2D eigenvalue weighted by molar-refractivity contribution is 14.0. The highest BCUT2D eigenvalue weighted by Crippen LogP contribution is 2.52. The number of hydrogen-bond acceptors (Lipinski definition) is 4. The summed E-state index contributed by atoms with van der Waals surface area (Å²) >= 11 is 0. The third-order valence-electron chi connectivity index (χ3n) is 6.08. The van der Waals surface area contributed by atoms with Gasteiger partial charge in [0.05, 0.1) is 19.8 Å². The number of fused-ring (bicyclic) bond motifs is 1. The van der Waals surface area contributed by atoms with Gasteiger partial charge in [-0.25, -0.2) is 0 Å². The lowest BCUT2D eigenvalue weighted by molar-refractivity contribution is -0.106. The second-order valence-corrected chi connectivity index (χ2v) is 8.21. The SMILES string of the molecule is CCOc1cc(CCCNC(=NC)NC2C3CCOC3C2(C)C)ccc1OC.I. The van der Waals surface area contributed by atoms with E-state index in [2.05, 4.69) is 41.6 Å². The quantitative estimate of drug-likeness (QED) is 0.239. The van der Waals surface area contributed by atoms with Crippen molar-refractivity contribution in [3.63, 3.8) is 0 Å². The first-order valence-electron chi connectivity index (χ1n) is 10.4. The molecule has 1 aliphatic carbocycles. The number of guanidine groups is 1. The van der Waals surface area contributed by atoms with Crippen LogP contribution < -0.4 is 20.1 Å². The summed E-state index contributed by atoms with van der Waals surface area (Å²) in [4.78, 5) is 4.41. The zero-order valence-corrected chi connectivity index (χ0v) is 20.6. The molecule has 0 bridgehead atoms. The molecule has 0 aromatic heterocycles. The van der Waals surface area contributed by atoms with Crippen LogP contribution in [0.2, 0.25) is 0 Å². The molecule has 1 aromatic rings. The molecule has 0 spiro atoms. The zero-order chi connectivity index (χ0) is 20.1. The highest BCUT2D eigenvalue weighted by atomic mass is 127. The lowest BCUT2D eigenvalue weighted by Gasteiger charge is -2.54. The number of benzene rings is 1. The van der Waals surface area contributed by atoms with Crippen LogP contribution in [0.15, 0.2) is 23.2 Å². The number of aliphatic imine (C=N–C) groups is 1. The van der Waals surface area contributed by atoms with Gasteiger partial charge in [0.1, 0.15) is 0 Å². The van der Waals surface area contributed by atoms with E-state index in [9.17, 15) is 0 Å². The molecule has 2 fully saturated rings. The first-order valence-corrected chi connectivity index (χ1v) is 10.4. The fraction of sp³-hybridized carbons (Fsp3) is 0.682. The molecule has 164 valence electrons. The van der Waals surface area contributed by atoms with Gasteiger partial charge in [0.15, 0.2) is 17.5 Å². The van der Waals surface area contributed by atoms with E-state index in [1.807, 2.05) is 20.0 Å². The molecule has 1 saturated carbocycles. The molecule has 0 amide bonds. The fourth-order valence-corrected chi connectivity index (χ4v) is 4.60. The molecule has 2 N–H and O–H groups in total. The van der Waals surface area contributed by atoms with Crippen molar-refractivity contribution in [2.45, 2.75) is 52.2 Å². The summed E-state index contributed by atoms with van der Waals surface area (Å²) in [5, 5.41) is 7.09. The fourth-order valence-electron chi connectivity index (χ4n) is 4.60. The monoisotopic (exact) mass is 517 g/mol. The number of rotatable bonds is 8. The third kappa shape index (κ3) is 5.29. The van der Waals surface area contributed by atoms with Gasteiger partial charge in [-0.15, -0.1) is 24.0 Å². The molecule has 1 saturated heterocycles. The van der Waals surface area contributed by atoms with Crippen molar-refractivity contribution < 1.29 is 14.2 Å². The van der Waals surface area contributed by atoms with Crippen molar-refractivity contribution in [3.8, 4) is 11.5 Å². The molecule has 3 rings (SSSR count). The van der Waals surface area contributed by atoms with E-state index in [1.165, 1.54) is 5.56 Å². The Balaban J connectivity index is 0.00000300. The Morgan fingerprint density at radius 1 is 1.31 bits per heavy atom. The molecule has 1 aromatic carbocycles. The van der Waals surface area contributed by atoms with E-state index in [-0.39, 0.29) is 29.4 Å². The summed E-state index contributed by atoms with van der Waals surface area (Å²) in [6.45, 7) is 8.93. The van der Waals surface area contributed by atoms with E-state index in [1.54, 1.807) is 7.11 Å². The second-order valence-electron chi connectivity index (χ2n) is 8.21. The van der Waals surface area contributed by atoms with Gasteiger partial charge in [-0.3, -0.25) is 4.99 Å². The summed E-state index contributed by atoms with van der Waals surface area (Å²) in [6, 6.07) is 6.58. The van der Waals surface area contributed by atoms with Crippen LogP contribution in [-0.2, 0) is 11.2 Å². The molecule has 3 unspecified atom stereocenters. The minimum Gasteiger partial charge on any atom is -0.493 e. The van der Waals surface area contributed by atoms with Crippen molar-refractivity contribution in [2.75, 3.05) is 33.9 Å². The van der Waals surface area contributed by atoms with Gasteiger partial charge >= 0.3 is 0 Å². The Morgan fingerprint density at radius 3 is 2.79 bits per heavy atom. The van der Waals surface area contributed by atoms with Crippen LogP contribution in [0.5, 0.6) is 11.5 Å². The Hall–Kier alpha value is -1.22. The number of aryl methyl sites for hydroxylation is 1. The summed E-state index contributed by atoms with van der Waals surface area (Å²) in [6.07, 6.45) is 3.52. The predicted octanol–water partition coefficient (Wildman–Crippen LogP) is 3.62. The van der Waals surface area contributed by atoms with E-state index in [0.29, 0.717) is 24.7 Å². The molecule has 6 nitrogen and oxygen atoms in total. The number of methoxy groups -OCH3 is 1. The van der Waals surface area contributed by atoms with Crippen LogP contribution in [-0.4, -0.2) is 52.0 Å². The molecule has 1 aliphatic heterocycles. The Bertz CT molecular complexity index is 696. The lowest BCUT2D eigenvalue weighted by Crippen LogP contribution is -2.67. The number of nitrogens with zero attached hydrogens (tertiary/aromatic N) is 1. The summed E-state index contributed by atoms with van der Waals surface area (Å²) in [7, 11) is 3.50. The first kappa shape index (κ1) is 24.1. The minimum atomic E-state index is 0. The van der Waals surface area contributed by atoms with E-state index in [4.69, 9.17) is 14.2 Å². The molecule has 0 radical (unpaired) electrons. The van der Waals surface area contributed by atoms with Crippen molar-refractivity contribution >= 4 is 29.9 Å². The van der Waals surface area contributed by atoms with Crippen molar-refractivity contribution in [2.24, 2.45) is 16.3 Å². The zero-order valence-electron chi connectivity index (χ0n) is 18.3. The van der Waals surface area contributed by atoms with Gasteiger partial charge in [0.2, 0.25) is 0 Å². The maximum absolute atomic E-state index is 5.88.